The van der Waals surface area contributed by atoms with Gasteiger partial charge in [-0.05, 0) is 44.5 Å². The summed E-state index contributed by atoms with van der Waals surface area (Å²) in [5.41, 5.74) is 8.50. The zero-order valence-electron chi connectivity index (χ0n) is 23.1. The van der Waals surface area contributed by atoms with Crippen molar-refractivity contribution in [3.8, 4) is 5.75 Å². The standard InChI is InChI=1S/C29H34ClN5O4.ClH/c1-19(36)29(2,3)39-21-9-7-8-20(16-21)18-34(25(37)17-30)13-14-35-24(12-15-38-4)33-26-27(35)22-10-5-6-11-23(22)32-28(26)31;/h5-11,16H,12-15,17-18H2,1-4H3,(H2,31,32);1H. The number of ether oxygens (including phenoxy) is 2. The van der Waals surface area contributed by atoms with Gasteiger partial charge >= 0.3 is 0 Å². The highest BCUT2D eigenvalue weighted by molar-refractivity contribution is 6.27. The third kappa shape index (κ3) is 6.83. The topological polar surface area (TPSA) is 113 Å². The van der Waals surface area contributed by atoms with Gasteiger partial charge in [-0.1, -0.05) is 30.3 Å². The van der Waals surface area contributed by atoms with Crippen molar-refractivity contribution >= 4 is 63.5 Å². The van der Waals surface area contributed by atoms with Gasteiger partial charge in [0.1, 0.15) is 23.0 Å². The minimum absolute atomic E-state index is 0. The number of carbonyl (C=O) groups excluding carboxylic acids is 2. The first kappa shape index (κ1) is 31.1. The van der Waals surface area contributed by atoms with E-state index in [2.05, 4.69) is 9.55 Å². The van der Waals surface area contributed by atoms with Gasteiger partial charge in [-0.15, -0.1) is 24.0 Å². The minimum atomic E-state index is -0.954. The maximum atomic E-state index is 12.9. The third-order valence-electron chi connectivity index (χ3n) is 6.77. The number of nitrogens with two attached hydrogens (primary N) is 1. The molecule has 1 amide bonds. The van der Waals surface area contributed by atoms with Crippen LogP contribution in [0.4, 0.5) is 5.82 Å². The summed E-state index contributed by atoms with van der Waals surface area (Å²) in [7, 11) is 1.65. The highest BCUT2D eigenvalue weighted by Gasteiger charge is 2.26. The van der Waals surface area contributed by atoms with Crippen molar-refractivity contribution in [2.24, 2.45) is 0 Å². The molecule has 2 aromatic carbocycles. The predicted octanol–water partition coefficient (Wildman–Crippen LogP) is 4.79. The number of ketones is 1. The van der Waals surface area contributed by atoms with Crippen LogP contribution in [0.5, 0.6) is 5.75 Å². The Kier molecular flexibility index (Phi) is 10.4. The number of alkyl halides is 1. The number of benzene rings is 2. The summed E-state index contributed by atoms with van der Waals surface area (Å²) in [5, 5.41) is 0.936. The average Bonchev–Trinajstić information content (AvgIpc) is 3.28. The highest BCUT2D eigenvalue weighted by atomic mass is 35.5. The molecule has 0 unspecified atom stereocenters. The van der Waals surface area contributed by atoms with Crippen LogP contribution >= 0.6 is 24.0 Å². The number of Topliss-reactive ketones (excluding diaryl/α,β-unsaturated/α-hetero) is 1. The molecule has 0 saturated carbocycles. The van der Waals surface area contributed by atoms with Gasteiger partial charge in [0.05, 0.1) is 17.6 Å². The average molecular weight is 589 g/mol. The molecule has 0 bridgehead atoms. The van der Waals surface area contributed by atoms with E-state index in [1.807, 2.05) is 42.5 Å². The summed E-state index contributed by atoms with van der Waals surface area (Å²) < 4.78 is 13.3. The molecule has 0 fully saturated rings. The van der Waals surface area contributed by atoms with Crippen molar-refractivity contribution < 1.29 is 19.1 Å². The molecular formula is C29H35Cl2N5O4. The van der Waals surface area contributed by atoms with E-state index in [0.29, 0.717) is 49.7 Å². The number of anilines is 1. The maximum Gasteiger partial charge on any atom is 0.237 e. The Morgan fingerprint density at radius 1 is 1.12 bits per heavy atom. The number of imidazole rings is 1. The van der Waals surface area contributed by atoms with Crippen molar-refractivity contribution in [3.63, 3.8) is 0 Å². The number of hydrogen-bond donors (Lipinski definition) is 1. The Morgan fingerprint density at radius 2 is 1.88 bits per heavy atom. The number of hydrogen-bond acceptors (Lipinski definition) is 7. The SMILES string of the molecule is COCCc1nc2c(N)nc3ccccc3c2n1CCN(Cc1cccc(OC(C)(C)C(C)=O)c1)C(=O)CCl.Cl. The molecule has 2 aromatic heterocycles. The van der Waals surface area contributed by atoms with Gasteiger partial charge in [0.25, 0.3) is 0 Å². The zero-order chi connectivity index (χ0) is 28.2. The van der Waals surface area contributed by atoms with Crippen LogP contribution < -0.4 is 10.5 Å². The fourth-order valence-corrected chi connectivity index (χ4v) is 4.59. The second-order valence-electron chi connectivity index (χ2n) is 9.90. The van der Waals surface area contributed by atoms with Crippen molar-refractivity contribution in [1.29, 1.82) is 0 Å². The number of rotatable bonds is 12. The summed E-state index contributed by atoms with van der Waals surface area (Å²) >= 11 is 6.01. The van der Waals surface area contributed by atoms with Crippen LogP contribution in [-0.4, -0.2) is 62.9 Å². The molecular weight excluding hydrogens is 553 g/mol. The molecule has 2 N–H and O–H groups in total. The summed E-state index contributed by atoms with van der Waals surface area (Å²) in [5.74, 6) is 1.31. The number of nitrogen functional groups attached to an aromatic ring is 1. The van der Waals surface area contributed by atoms with Crippen LogP contribution in [0.15, 0.2) is 48.5 Å². The van der Waals surface area contributed by atoms with Crippen molar-refractivity contribution in [3.05, 3.63) is 59.9 Å². The molecule has 0 aliphatic carbocycles. The molecule has 0 radical (unpaired) electrons. The van der Waals surface area contributed by atoms with E-state index in [9.17, 15) is 9.59 Å². The highest BCUT2D eigenvalue weighted by Crippen LogP contribution is 2.29. The van der Waals surface area contributed by atoms with E-state index in [1.54, 1.807) is 31.9 Å². The number of methoxy groups -OCH3 is 1. The number of fused-ring (bicyclic) bond motifs is 3. The predicted molar refractivity (Wildman–Crippen MR) is 160 cm³/mol. The van der Waals surface area contributed by atoms with Gasteiger partial charge in [-0.3, -0.25) is 9.59 Å². The van der Waals surface area contributed by atoms with Crippen LogP contribution in [-0.2, 0) is 33.8 Å². The molecule has 0 aliphatic rings. The molecule has 40 heavy (non-hydrogen) atoms. The summed E-state index contributed by atoms with van der Waals surface area (Å²) in [6, 6.07) is 15.2. The first-order valence-electron chi connectivity index (χ1n) is 12.8. The molecule has 0 atom stereocenters. The molecule has 214 valence electrons. The molecule has 2 heterocycles. The number of amides is 1. The van der Waals surface area contributed by atoms with E-state index in [-0.39, 0.29) is 30.0 Å². The fourth-order valence-electron chi connectivity index (χ4n) is 4.42. The zero-order valence-corrected chi connectivity index (χ0v) is 24.7. The Balaban J connectivity index is 0.00000441. The van der Waals surface area contributed by atoms with E-state index in [0.717, 1.165) is 27.8 Å². The fraction of sp³-hybridized carbons (Fsp3) is 0.379. The Morgan fingerprint density at radius 3 is 2.58 bits per heavy atom. The van der Waals surface area contributed by atoms with Crippen LogP contribution in [0.2, 0.25) is 0 Å². The summed E-state index contributed by atoms with van der Waals surface area (Å²) in [4.78, 5) is 35.9. The Hall–Kier alpha value is -3.40. The number of pyridine rings is 1. The first-order valence-corrected chi connectivity index (χ1v) is 13.3. The van der Waals surface area contributed by atoms with Gasteiger partial charge < -0.3 is 24.7 Å². The molecule has 0 aliphatic heterocycles. The third-order valence-corrected chi connectivity index (χ3v) is 7.00. The lowest BCUT2D eigenvalue weighted by Crippen LogP contribution is -2.36. The van der Waals surface area contributed by atoms with E-state index in [4.69, 9.17) is 31.8 Å². The van der Waals surface area contributed by atoms with Crippen LogP contribution in [0.1, 0.15) is 32.2 Å². The lowest BCUT2D eigenvalue weighted by atomic mass is 10.1. The second kappa shape index (κ2) is 13.3. The second-order valence-corrected chi connectivity index (χ2v) is 10.2. The van der Waals surface area contributed by atoms with Crippen LogP contribution in [0.25, 0.3) is 21.9 Å². The number of aromatic nitrogens is 3. The van der Waals surface area contributed by atoms with E-state index < -0.39 is 5.60 Å². The van der Waals surface area contributed by atoms with Gasteiger partial charge in [0.2, 0.25) is 5.91 Å². The normalized spacial score (nSPS) is 11.4. The Labute approximate surface area is 245 Å². The molecule has 4 aromatic rings. The van der Waals surface area contributed by atoms with Gasteiger partial charge in [0.15, 0.2) is 17.2 Å². The maximum absolute atomic E-state index is 12.9. The van der Waals surface area contributed by atoms with Gasteiger partial charge in [0, 0.05) is 38.6 Å². The largest absolute Gasteiger partial charge is 0.480 e. The van der Waals surface area contributed by atoms with E-state index in [1.165, 1.54) is 6.92 Å². The quantitative estimate of drug-likeness (QED) is 0.237. The number of para-hydroxylation sites is 1. The van der Waals surface area contributed by atoms with Crippen LogP contribution in [0.3, 0.4) is 0 Å². The van der Waals surface area contributed by atoms with E-state index >= 15 is 0 Å². The number of nitrogens with zero attached hydrogens (tertiary/aromatic N) is 4. The van der Waals surface area contributed by atoms with Crippen LogP contribution in [0, 0.1) is 0 Å². The minimum Gasteiger partial charge on any atom is -0.480 e. The summed E-state index contributed by atoms with van der Waals surface area (Å²) in [6.45, 7) is 6.63. The smallest absolute Gasteiger partial charge is 0.237 e. The molecule has 0 spiro atoms. The number of halogens is 2. The van der Waals surface area contributed by atoms with Gasteiger partial charge in [-0.25, -0.2) is 9.97 Å². The van der Waals surface area contributed by atoms with Crippen molar-refractivity contribution in [1.82, 2.24) is 19.4 Å². The molecule has 0 saturated heterocycles. The lowest BCUT2D eigenvalue weighted by molar-refractivity contribution is -0.129. The van der Waals surface area contributed by atoms with Gasteiger partial charge in [-0.2, -0.15) is 0 Å². The van der Waals surface area contributed by atoms with Crippen molar-refractivity contribution in [2.45, 2.75) is 45.9 Å². The Bertz CT molecular complexity index is 1500. The van der Waals surface area contributed by atoms with Crippen molar-refractivity contribution in [2.75, 3.05) is 31.9 Å². The lowest BCUT2D eigenvalue weighted by Gasteiger charge is -2.25. The molecule has 4 rings (SSSR count). The first-order chi connectivity index (χ1) is 18.6. The summed E-state index contributed by atoms with van der Waals surface area (Å²) in [6.07, 6.45) is 0.577. The monoisotopic (exact) mass is 587 g/mol. The molecule has 9 nitrogen and oxygen atoms in total. The number of carbonyl (C=O) groups is 2. The molecule has 11 heteroatoms.